The molecule has 3 atom stereocenters. The molecule has 1 fully saturated rings. The first-order valence-corrected chi connectivity index (χ1v) is 8.04. The smallest absolute Gasteiger partial charge is 0.306 e. The molecular formula is C14H20ClNO2S. The first kappa shape index (κ1) is 14.8. The Hall–Kier alpha value is -0.580. The van der Waals surface area contributed by atoms with Gasteiger partial charge in [-0.15, -0.1) is 11.3 Å². The number of rotatable bonds is 5. The van der Waals surface area contributed by atoms with Crippen LogP contribution in [0.3, 0.4) is 0 Å². The van der Waals surface area contributed by atoms with E-state index in [0.29, 0.717) is 0 Å². The van der Waals surface area contributed by atoms with E-state index in [1.54, 1.807) is 0 Å². The molecule has 0 bridgehead atoms. The summed E-state index contributed by atoms with van der Waals surface area (Å²) in [7, 11) is 0. The summed E-state index contributed by atoms with van der Waals surface area (Å²) < 4.78 is 0.796. The van der Waals surface area contributed by atoms with Gasteiger partial charge >= 0.3 is 5.97 Å². The molecule has 1 aromatic rings. The topological polar surface area (TPSA) is 49.3 Å². The fourth-order valence-corrected chi connectivity index (χ4v) is 3.76. The minimum Gasteiger partial charge on any atom is -0.481 e. The molecular weight excluding hydrogens is 282 g/mol. The quantitative estimate of drug-likeness (QED) is 0.866. The number of nitrogens with one attached hydrogen (secondary N) is 1. The van der Waals surface area contributed by atoms with Gasteiger partial charge in [0.2, 0.25) is 0 Å². The van der Waals surface area contributed by atoms with Crippen LogP contribution in [0.25, 0.3) is 0 Å². The number of aliphatic carboxylic acids is 1. The van der Waals surface area contributed by atoms with Crippen LogP contribution in [0.2, 0.25) is 4.34 Å². The lowest BCUT2D eigenvalue weighted by Gasteiger charge is -2.29. The highest BCUT2D eigenvalue weighted by molar-refractivity contribution is 7.14. The summed E-state index contributed by atoms with van der Waals surface area (Å²) in [5, 5.41) is 14.8. The molecule has 1 aromatic heterocycles. The number of hydrogen-bond acceptors (Lipinski definition) is 3. The third-order valence-electron chi connectivity index (χ3n) is 4.00. The van der Waals surface area contributed by atoms with Gasteiger partial charge in [-0.05, 0) is 49.2 Å². The van der Waals surface area contributed by atoms with Crippen molar-refractivity contribution in [3.63, 3.8) is 0 Å². The maximum Gasteiger partial charge on any atom is 0.306 e. The number of hydrogen-bond donors (Lipinski definition) is 2. The number of carboxylic acid groups (broad SMARTS) is 1. The molecule has 1 aliphatic rings. The van der Waals surface area contributed by atoms with E-state index in [1.165, 1.54) is 16.9 Å². The molecule has 19 heavy (non-hydrogen) atoms. The maximum atomic E-state index is 11.2. The number of halogens is 1. The molecule has 1 aliphatic carbocycles. The lowest BCUT2D eigenvalue weighted by molar-refractivity contribution is -0.144. The van der Waals surface area contributed by atoms with Crippen molar-refractivity contribution in [1.82, 2.24) is 5.32 Å². The van der Waals surface area contributed by atoms with E-state index in [2.05, 4.69) is 17.6 Å². The summed E-state index contributed by atoms with van der Waals surface area (Å²) in [5.41, 5.74) is 1.18. The second-order valence-electron chi connectivity index (χ2n) is 5.30. The zero-order valence-electron chi connectivity index (χ0n) is 11.1. The predicted molar refractivity (Wildman–Crippen MR) is 78.8 cm³/mol. The van der Waals surface area contributed by atoms with Gasteiger partial charge in [-0.3, -0.25) is 4.79 Å². The van der Waals surface area contributed by atoms with Gasteiger partial charge in [0, 0.05) is 6.04 Å². The van der Waals surface area contributed by atoms with E-state index in [4.69, 9.17) is 11.6 Å². The van der Waals surface area contributed by atoms with Crippen molar-refractivity contribution in [2.75, 3.05) is 6.54 Å². The Morgan fingerprint density at radius 1 is 1.58 bits per heavy atom. The number of carboxylic acids is 1. The Balaban J connectivity index is 1.88. The molecule has 106 valence electrons. The normalized spacial score (nSPS) is 25.2. The van der Waals surface area contributed by atoms with Crippen LogP contribution in [-0.4, -0.2) is 17.6 Å². The highest BCUT2D eigenvalue weighted by Gasteiger charge is 2.30. The van der Waals surface area contributed by atoms with Crippen molar-refractivity contribution in [1.29, 1.82) is 0 Å². The van der Waals surface area contributed by atoms with Gasteiger partial charge in [-0.1, -0.05) is 24.4 Å². The molecule has 3 nitrogen and oxygen atoms in total. The zero-order valence-corrected chi connectivity index (χ0v) is 12.6. The molecule has 0 amide bonds. The summed E-state index contributed by atoms with van der Waals surface area (Å²) >= 11 is 7.46. The molecule has 2 N–H and O–H groups in total. The molecule has 2 rings (SSSR count). The van der Waals surface area contributed by atoms with Crippen LogP contribution in [0.1, 0.15) is 44.2 Å². The van der Waals surface area contributed by atoms with Gasteiger partial charge in [0.25, 0.3) is 0 Å². The van der Waals surface area contributed by atoms with Crippen molar-refractivity contribution in [2.45, 2.75) is 38.6 Å². The summed E-state index contributed by atoms with van der Waals surface area (Å²) in [6, 6.07) is 2.19. The largest absolute Gasteiger partial charge is 0.481 e. The first-order valence-electron chi connectivity index (χ1n) is 6.78. The molecule has 1 saturated carbocycles. The first-order chi connectivity index (χ1) is 9.08. The highest BCUT2D eigenvalue weighted by Crippen LogP contribution is 2.31. The monoisotopic (exact) mass is 301 g/mol. The van der Waals surface area contributed by atoms with Crippen molar-refractivity contribution in [3.8, 4) is 0 Å². The van der Waals surface area contributed by atoms with Gasteiger partial charge in [-0.2, -0.15) is 0 Å². The highest BCUT2D eigenvalue weighted by atomic mass is 35.5. The molecule has 0 aromatic carbocycles. The summed E-state index contributed by atoms with van der Waals surface area (Å²) in [6.07, 6.45) is 4.03. The van der Waals surface area contributed by atoms with Gasteiger partial charge in [0.15, 0.2) is 0 Å². The van der Waals surface area contributed by atoms with E-state index in [1.807, 2.05) is 6.07 Å². The SMILES string of the molecule is CC(NCC1CCCCC1C(=O)O)c1csc(Cl)c1. The predicted octanol–water partition coefficient (Wildman–Crippen LogP) is 3.94. The molecule has 1 heterocycles. The third kappa shape index (κ3) is 3.94. The van der Waals surface area contributed by atoms with Gasteiger partial charge in [0.05, 0.1) is 10.3 Å². The minimum absolute atomic E-state index is 0.181. The van der Waals surface area contributed by atoms with Crippen LogP contribution in [0, 0.1) is 11.8 Å². The molecule has 0 radical (unpaired) electrons. The Bertz CT molecular complexity index is 435. The molecule has 3 unspecified atom stereocenters. The van der Waals surface area contributed by atoms with Crippen molar-refractivity contribution in [3.05, 3.63) is 21.3 Å². The average molecular weight is 302 g/mol. The van der Waals surface area contributed by atoms with Crippen LogP contribution >= 0.6 is 22.9 Å². The summed E-state index contributed by atoms with van der Waals surface area (Å²) in [5.74, 6) is -0.569. The number of thiophene rings is 1. The van der Waals surface area contributed by atoms with Gasteiger partial charge in [0.1, 0.15) is 0 Å². The van der Waals surface area contributed by atoms with E-state index < -0.39 is 5.97 Å². The fourth-order valence-electron chi connectivity index (χ4n) is 2.77. The Morgan fingerprint density at radius 3 is 2.95 bits per heavy atom. The zero-order chi connectivity index (χ0) is 13.8. The van der Waals surface area contributed by atoms with Crippen LogP contribution in [-0.2, 0) is 4.79 Å². The summed E-state index contributed by atoms with van der Waals surface area (Å²) in [4.78, 5) is 11.2. The minimum atomic E-state index is -0.641. The molecule has 0 saturated heterocycles. The Morgan fingerprint density at radius 2 is 2.32 bits per heavy atom. The Labute approximate surface area is 123 Å². The van der Waals surface area contributed by atoms with E-state index in [9.17, 15) is 9.90 Å². The van der Waals surface area contributed by atoms with Crippen LogP contribution in [0.5, 0.6) is 0 Å². The van der Waals surface area contributed by atoms with Crippen molar-refractivity contribution >= 4 is 28.9 Å². The molecule has 0 aliphatic heterocycles. The second-order valence-corrected chi connectivity index (χ2v) is 6.85. The second kappa shape index (κ2) is 6.73. The van der Waals surface area contributed by atoms with E-state index in [0.717, 1.165) is 36.6 Å². The average Bonchev–Trinajstić information content (AvgIpc) is 2.83. The summed E-state index contributed by atoms with van der Waals surface area (Å²) in [6.45, 7) is 2.86. The lowest BCUT2D eigenvalue weighted by Crippen LogP contribution is -2.35. The molecule has 5 heteroatoms. The van der Waals surface area contributed by atoms with Crippen LogP contribution < -0.4 is 5.32 Å². The van der Waals surface area contributed by atoms with Gasteiger partial charge < -0.3 is 10.4 Å². The van der Waals surface area contributed by atoms with Crippen LogP contribution in [0.4, 0.5) is 0 Å². The standard InChI is InChI=1S/C14H20ClNO2S/c1-9(11-6-13(15)19-8-11)16-7-10-4-2-3-5-12(10)14(17)18/h6,8-10,12,16H,2-5,7H2,1H3,(H,17,18). The van der Waals surface area contributed by atoms with Crippen molar-refractivity contribution in [2.24, 2.45) is 11.8 Å². The van der Waals surface area contributed by atoms with E-state index >= 15 is 0 Å². The fraction of sp³-hybridized carbons (Fsp3) is 0.643. The van der Waals surface area contributed by atoms with Crippen LogP contribution in [0.15, 0.2) is 11.4 Å². The Kier molecular flexibility index (Phi) is 5.25. The van der Waals surface area contributed by atoms with E-state index in [-0.39, 0.29) is 17.9 Å². The lowest BCUT2D eigenvalue weighted by atomic mass is 9.79. The maximum absolute atomic E-state index is 11.2. The van der Waals surface area contributed by atoms with Gasteiger partial charge in [-0.25, -0.2) is 0 Å². The third-order valence-corrected chi connectivity index (χ3v) is 5.11. The number of carbonyl (C=O) groups is 1. The molecule has 0 spiro atoms. The van der Waals surface area contributed by atoms with Crippen molar-refractivity contribution < 1.29 is 9.90 Å².